The van der Waals surface area contributed by atoms with Crippen LogP contribution >= 0.6 is 0 Å². The molecule has 0 bridgehead atoms. The molecule has 2 N–H and O–H groups in total. The summed E-state index contributed by atoms with van der Waals surface area (Å²) in [6.45, 7) is 5.11. The first kappa shape index (κ1) is 14.0. The highest BCUT2D eigenvalue weighted by molar-refractivity contribution is 5.28. The SMILES string of the molecule is CCCCNC(C)C(O)c1ccc(OC)cc1. The number of methoxy groups -OCH3 is 1. The molecule has 3 heteroatoms. The maximum absolute atomic E-state index is 10.1. The molecule has 0 radical (unpaired) electrons. The Kier molecular flexibility index (Phi) is 6.01. The maximum Gasteiger partial charge on any atom is 0.118 e. The van der Waals surface area contributed by atoms with Crippen LogP contribution in [0.5, 0.6) is 5.75 Å². The van der Waals surface area contributed by atoms with Crippen LogP contribution in [0, 0.1) is 0 Å². The number of rotatable bonds is 7. The highest BCUT2D eigenvalue weighted by Gasteiger charge is 2.15. The number of ether oxygens (including phenoxy) is 1. The summed E-state index contributed by atoms with van der Waals surface area (Å²) >= 11 is 0. The van der Waals surface area contributed by atoms with Gasteiger partial charge in [0, 0.05) is 6.04 Å². The van der Waals surface area contributed by atoms with Gasteiger partial charge in [0.1, 0.15) is 5.75 Å². The van der Waals surface area contributed by atoms with Gasteiger partial charge in [-0.25, -0.2) is 0 Å². The second-order valence-corrected chi connectivity index (χ2v) is 4.31. The topological polar surface area (TPSA) is 41.5 Å². The molecular weight excluding hydrogens is 214 g/mol. The van der Waals surface area contributed by atoms with E-state index >= 15 is 0 Å². The first-order valence-corrected chi connectivity index (χ1v) is 6.24. The lowest BCUT2D eigenvalue weighted by molar-refractivity contribution is 0.136. The summed E-state index contributed by atoms with van der Waals surface area (Å²) in [7, 11) is 1.64. The third kappa shape index (κ3) is 4.36. The van der Waals surface area contributed by atoms with Crippen molar-refractivity contribution in [2.45, 2.75) is 38.8 Å². The molecule has 2 atom stereocenters. The minimum absolute atomic E-state index is 0.0648. The number of aliphatic hydroxyl groups excluding tert-OH is 1. The van der Waals surface area contributed by atoms with Crippen LogP contribution in [0.2, 0.25) is 0 Å². The average molecular weight is 237 g/mol. The Morgan fingerprint density at radius 1 is 1.29 bits per heavy atom. The van der Waals surface area contributed by atoms with Crippen LogP contribution < -0.4 is 10.1 Å². The molecule has 0 aromatic heterocycles. The molecular formula is C14H23NO2. The summed E-state index contributed by atoms with van der Waals surface area (Å²) in [4.78, 5) is 0. The van der Waals surface area contributed by atoms with E-state index in [4.69, 9.17) is 4.74 Å². The summed E-state index contributed by atoms with van der Waals surface area (Å²) in [5.74, 6) is 0.813. The van der Waals surface area contributed by atoms with E-state index in [0.717, 1.165) is 24.3 Å². The van der Waals surface area contributed by atoms with Crippen LogP contribution in [-0.2, 0) is 0 Å². The minimum Gasteiger partial charge on any atom is -0.497 e. The first-order valence-electron chi connectivity index (χ1n) is 6.24. The Morgan fingerprint density at radius 2 is 1.94 bits per heavy atom. The Labute approximate surface area is 104 Å². The van der Waals surface area contributed by atoms with Gasteiger partial charge in [-0.3, -0.25) is 0 Å². The molecule has 3 nitrogen and oxygen atoms in total. The van der Waals surface area contributed by atoms with Gasteiger partial charge < -0.3 is 15.2 Å². The number of unbranched alkanes of at least 4 members (excludes halogenated alkanes) is 1. The summed E-state index contributed by atoms with van der Waals surface area (Å²) < 4.78 is 5.09. The molecule has 0 spiro atoms. The molecule has 1 aromatic rings. The van der Waals surface area contributed by atoms with Crippen molar-refractivity contribution in [3.8, 4) is 5.75 Å². The molecule has 0 aliphatic heterocycles. The summed E-state index contributed by atoms with van der Waals surface area (Å²) in [5, 5.41) is 13.5. The molecule has 0 heterocycles. The smallest absolute Gasteiger partial charge is 0.118 e. The largest absolute Gasteiger partial charge is 0.497 e. The highest BCUT2D eigenvalue weighted by atomic mass is 16.5. The van der Waals surface area contributed by atoms with Crippen molar-refractivity contribution in [2.24, 2.45) is 0 Å². The molecule has 0 saturated heterocycles. The van der Waals surface area contributed by atoms with Crippen molar-refractivity contribution < 1.29 is 9.84 Å². The van der Waals surface area contributed by atoms with Gasteiger partial charge in [0.15, 0.2) is 0 Å². The number of hydrogen-bond donors (Lipinski definition) is 2. The van der Waals surface area contributed by atoms with E-state index in [1.54, 1.807) is 7.11 Å². The number of benzene rings is 1. The van der Waals surface area contributed by atoms with Crippen molar-refractivity contribution in [2.75, 3.05) is 13.7 Å². The molecule has 0 aliphatic carbocycles. The van der Waals surface area contributed by atoms with Crippen LogP contribution in [0.3, 0.4) is 0 Å². The van der Waals surface area contributed by atoms with Crippen LogP contribution in [0.4, 0.5) is 0 Å². The third-order valence-electron chi connectivity index (χ3n) is 2.93. The Hall–Kier alpha value is -1.06. The lowest BCUT2D eigenvalue weighted by atomic mass is 10.0. The second-order valence-electron chi connectivity index (χ2n) is 4.31. The Morgan fingerprint density at radius 3 is 2.47 bits per heavy atom. The van der Waals surface area contributed by atoms with E-state index in [2.05, 4.69) is 12.2 Å². The third-order valence-corrected chi connectivity index (χ3v) is 2.93. The Balaban J connectivity index is 2.52. The van der Waals surface area contributed by atoms with E-state index < -0.39 is 6.10 Å². The van der Waals surface area contributed by atoms with Gasteiger partial charge in [-0.2, -0.15) is 0 Å². The van der Waals surface area contributed by atoms with Crippen molar-refractivity contribution >= 4 is 0 Å². The van der Waals surface area contributed by atoms with Gasteiger partial charge in [-0.1, -0.05) is 25.5 Å². The molecule has 0 saturated carbocycles. The normalized spacial score (nSPS) is 14.4. The molecule has 0 amide bonds. The van der Waals surface area contributed by atoms with E-state index in [1.807, 2.05) is 31.2 Å². The highest BCUT2D eigenvalue weighted by Crippen LogP contribution is 2.20. The molecule has 96 valence electrons. The lowest BCUT2D eigenvalue weighted by Crippen LogP contribution is -2.32. The van der Waals surface area contributed by atoms with Crippen molar-refractivity contribution in [3.05, 3.63) is 29.8 Å². The second kappa shape index (κ2) is 7.30. The summed E-state index contributed by atoms with van der Waals surface area (Å²) in [6.07, 6.45) is 1.83. The van der Waals surface area contributed by atoms with E-state index in [0.29, 0.717) is 0 Å². The summed E-state index contributed by atoms with van der Waals surface area (Å²) in [6, 6.07) is 7.62. The molecule has 2 unspecified atom stereocenters. The first-order chi connectivity index (χ1) is 8.19. The lowest BCUT2D eigenvalue weighted by Gasteiger charge is -2.20. The minimum atomic E-state index is -0.474. The molecule has 0 aliphatic rings. The standard InChI is InChI=1S/C14H23NO2/c1-4-5-10-15-11(2)14(16)12-6-8-13(17-3)9-7-12/h6-9,11,14-16H,4-5,10H2,1-3H3. The van der Waals surface area contributed by atoms with Gasteiger partial charge in [-0.05, 0) is 37.6 Å². The average Bonchev–Trinajstić information content (AvgIpc) is 2.38. The molecule has 17 heavy (non-hydrogen) atoms. The van der Waals surface area contributed by atoms with Crippen molar-refractivity contribution in [1.82, 2.24) is 5.32 Å². The quantitative estimate of drug-likeness (QED) is 0.716. The van der Waals surface area contributed by atoms with E-state index in [1.165, 1.54) is 6.42 Å². The van der Waals surface area contributed by atoms with Crippen LogP contribution in [-0.4, -0.2) is 24.8 Å². The van der Waals surface area contributed by atoms with Crippen molar-refractivity contribution in [3.63, 3.8) is 0 Å². The molecule has 1 aromatic carbocycles. The van der Waals surface area contributed by atoms with Gasteiger partial charge in [-0.15, -0.1) is 0 Å². The van der Waals surface area contributed by atoms with Gasteiger partial charge >= 0.3 is 0 Å². The van der Waals surface area contributed by atoms with Gasteiger partial charge in [0.05, 0.1) is 13.2 Å². The van der Waals surface area contributed by atoms with Crippen LogP contribution in [0.1, 0.15) is 38.4 Å². The fourth-order valence-corrected chi connectivity index (χ4v) is 1.71. The zero-order chi connectivity index (χ0) is 12.7. The summed E-state index contributed by atoms with van der Waals surface area (Å²) in [5.41, 5.74) is 0.919. The van der Waals surface area contributed by atoms with Crippen LogP contribution in [0.25, 0.3) is 0 Å². The predicted molar refractivity (Wildman–Crippen MR) is 70.3 cm³/mol. The van der Waals surface area contributed by atoms with Crippen LogP contribution in [0.15, 0.2) is 24.3 Å². The fraction of sp³-hybridized carbons (Fsp3) is 0.571. The van der Waals surface area contributed by atoms with Gasteiger partial charge in [0.2, 0.25) is 0 Å². The fourth-order valence-electron chi connectivity index (χ4n) is 1.71. The number of nitrogens with one attached hydrogen (secondary N) is 1. The maximum atomic E-state index is 10.1. The zero-order valence-electron chi connectivity index (χ0n) is 10.9. The molecule has 0 fully saturated rings. The van der Waals surface area contributed by atoms with Crippen molar-refractivity contribution in [1.29, 1.82) is 0 Å². The number of aliphatic hydroxyl groups is 1. The van der Waals surface area contributed by atoms with E-state index in [-0.39, 0.29) is 6.04 Å². The monoisotopic (exact) mass is 237 g/mol. The predicted octanol–water partition coefficient (Wildman–Crippen LogP) is 2.51. The van der Waals surface area contributed by atoms with Gasteiger partial charge in [0.25, 0.3) is 0 Å². The Bertz CT molecular complexity index is 311. The molecule has 1 rings (SSSR count). The zero-order valence-corrected chi connectivity index (χ0v) is 10.9. The number of hydrogen-bond acceptors (Lipinski definition) is 3. The van der Waals surface area contributed by atoms with E-state index in [9.17, 15) is 5.11 Å².